The Morgan fingerprint density at radius 2 is 1.88 bits per heavy atom. The van der Waals surface area contributed by atoms with Gasteiger partial charge in [-0.05, 0) is 55.9 Å². The minimum absolute atomic E-state index is 0.0374. The summed E-state index contributed by atoms with van der Waals surface area (Å²) in [5.74, 6) is -0.169. The normalized spacial score (nSPS) is 15.6. The average Bonchev–Trinajstić information content (AvgIpc) is 2.98. The molecule has 0 radical (unpaired) electrons. The molecule has 0 saturated heterocycles. The molecule has 8 heteroatoms. The highest BCUT2D eigenvalue weighted by atomic mass is 32.2. The number of aromatic amines is 1. The third-order valence-electron chi connectivity index (χ3n) is 5.74. The molecule has 0 amide bonds. The number of H-pyrrole nitrogens is 1. The van der Waals surface area contributed by atoms with Gasteiger partial charge in [-0.3, -0.25) is 19.3 Å². The van der Waals surface area contributed by atoms with Crippen molar-refractivity contribution in [2.24, 2.45) is 12.0 Å². The van der Waals surface area contributed by atoms with Crippen molar-refractivity contribution in [3.8, 4) is 5.88 Å². The minimum Gasteiger partial charge on any atom is -0.494 e. The van der Waals surface area contributed by atoms with Crippen molar-refractivity contribution in [3.05, 3.63) is 74.8 Å². The molecule has 0 aliphatic carbocycles. The minimum atomic E-state index is -0.427. The lowest BCUT2D eigenvalue weighted by Crippen LogP contribution is -2.23. The van der Waals surface area contributed by atoms with Crippen LogP contribution in [0.1, 0.15) is 36.6 Å². The molecular formula is C24H26N4O2S2. The number of nitrogens with zero attached hydrogens (tertiary/aromatic N) is 3. The van der Waals surface area contributed by atoms with Crippen LogP contribution in [0.5, 0.6) is 5.88 Å². The van der Waals surface area contributed by atoms with E-state index in [0.29, 0.717) is 12.1 Å². The van der Waals surface area contributed by atoms with E-state index in [2.05, 4.69) is 48.0 Å². The second-order valence-electron chi connectivity index (χ2n) is 7.62. The number of aliphatic imine (C=N–C) groups is 1. The van der Waals surface area contributed by atoms with E-state index in [9.17, 15) is 9.90 Å². The van der Waals surface area contributed by atoms with Gasteiger partial charge in [-0.1, -0.05) is 24.3 Å². The number of nitrogens with one attached hydrogen (secondary N) is 1. The first-order valence-corrected chi connectivity index (χ1v) is 11.9. The fourth-order valence-corrected chi connectivity index (χ4v) is 5.32. The van der Waals surface area contributed by atoms with Gasteiger partial charge in [0.05, 0.1) is 11.4 Å². The number of benzene rings is 2. The summed E-state index contributed by atoms with van der Waals surface area (Å²) in [5.41, 5.74) is 3.42. The van der Waals surface area contributed by atoms with Gasteiger partial charge < -0.3 is 10.0 Å². The maximum absolute atomic E-state index is 12.8. The molecule has 2 heterocycles. The second-order valence-corrected chi connectivity index (χ2v) is 9.25. The van der Waals surface area contributed by atoms with Gasteiger partial charge >= 0.3 is 0 Å². The van der Waals surface area contributed by atoms with Crippen molar-refractivity contribution in [1.29, 1.82) is 0 Å². The summed E-state index contributed by atoms with van der Waals surface area (Å²) in [6, 6.07) is 16.5. The first-order valence-electron chi connectivity index (χ1n) is 10.6. The average molecular weight is 467 g/mol. The number of hydrogen-bond donors (Lipinski definition) is 2. The number of rotatable bonds is 5. The van der Waals surface area contributed by atoms with Crippen molar-refractivity contribution < 1.29 is 5.11 Å². The van der Waals surface area contributed by atoms with Crippen LogP contribution in [0.15, 0.2) is 63.2 Å². The van der Waals surface area contributed by atoms with Gasteiger partial charge in [0.15, 0.2) is 4.77 Å². The summed E-state index contributed by atoms with van der Waals surface area (Å²) in [5, 5.41) is 10.8. The summed E-state index contributed by atoms with van der Waals surface area (Å²) in [6.45, 7) is 6.21. The van der Waals surface area contributed by atoms with Gasteiger partial charge in [-0.25, -0.2) is 0 Å². The Morgan fingerprint density at radius 1 is 1.19 bits per heavy atom. The Balaban J connectivity index is 1.80. The van der Waals surface area contributed by atoms with Gasteiger partial charge in [0.1, 0.15) is 5.56 Å². The second kappa shape index (κ2) is 9.34. The third kappa shape index (κ3) is 4.25. The molecule has 4 rings (SSSR count). The van der Waals surface area contributed by atoms with Crippen LogP contribution in [-0.4, -0.2) is 33.5 Å². The van der Waals surface area contributed by atoms with Gasteiger partial charge in [-0.2, -0.15) is 0 Å². The standard InChI is InChI=1S/C24H26N4O2S2/c1-4-28(5-2)16-12-10-15(11-13-16)20-14-18(25-17-8-6-7-9-19(17)32-20)21-22(29)26-24(31)27(3)23(21)30/h6-13,20,30H,4-5,14H2,1-3H3,(H,26,29,31)/t20-/m1/s1. The van der Waals surface area contributed by atoms with Crippen LogP contribution in [-0.2, 0) is 7.05 Å². The monoisotopic (exact) mass is 466 g/mol. The molecule has 0 fully saturated rings. The molecule has 0 bridgehead atoms. The van der Waals surface area contributed by atoms with E-state index in [1.165, 1.54) is 10.3 Å². The van der Waals surface area contributed by atoms with Crippen molar-refractivity contribution in [1.82, 2.24) is 9.55 Å². The van der Waals surface area contributed by atoms with E-state index >= 15 is 0 Å². The largest absolute Gasteiger partial charge is 0.494 e. The molecular weight excluding hydrogens is 440 g/mol. The Hall–Kier alpha value is -2.84. The molecule has 166 valence electrons. The van der Waals surface area contributed by atoms with Crippen LogP contribution >= 0.6 is 24.0 Å². The number of para-hydroxylation sites is 1. The molecule has 6 nitrogen and oxygen atoms in total. The molecule has 0 unspecified atom stereocenters. The topological polar surface area (TPSA) is 73.6 Å². The number of hydrogen-bond acceptors (Lipinski definition) is 6. The van der Waals surface area contributed by atoms with Crippen LogP contribution in [0.4, 0.5) is 11.4 Å². The first kappa shape index (κ1) is 22.4. The Morgan fingerprint density at radius 3 is 2.56 bits per heavy atom. The molecule has 0 saturated carbocycles. The first-order chi connectivity index (χ1) is 15.4. The predicted octanol–water partition coefficient (Wildman–Crippen LogP) is 5.35. The van der Waals surface area contributed by atoms with Gasteiger partial charge in [0.2, 0.25) is 5.88 Å². The molecule has 32 heavy (non-hydrogen) atoms. The summed E-state index contributed by atoms with van der Waals surface area (Å²) >= 11 is 6.86. The fraction of sp³-hybridized carbons (Fsp3) is 0.292. The maximum atomic E-state index is 12.8. The van der Waals surface area contributed by atoms with E-state index < -0.39 is 5.56 Å². The third-order valence-corrected chi connectivity index (χ3v) is 7.44. The van der Waals surface area contributed by atoms with Gasteiger partial charge in [0.25, 0.3) is 5.56 Å². The number of fused-ring (bicyclic) bond motifs is 1. The lowest BCUT2D eigenvalue weighted by atomic mass is 10.0. The number of anilines is 1. The van der Waals surface area contributed by atoms with E-state index in [4.69, 9.17) is 17.2 Å². The van der Waals surface area contributed by atoms with Crippen LogP contribution in [0.2, 0.25) is 0 Å². The van der Waals surface area contributed by atoms with E-state index in [0.717, 1.165) is 29.2 Å². The Bertz CT molecular complexity index is 1270. The highest BCUT2D eigenvalue weighted by molar-refractivity contribution is 7.99. The Labute approximate surface area is 196 Å². The number of thioether (sulfide) groups is 1. The molecule has 1 atom stereocenters. The molecule has 0 spiro atoms. The lowest BCUT2D eigenvalue weighted by molar-refractivity contribution is 0.419. The van der Waals surface area contributed by atoms with Crippen LogP contribution in [0.25, 0.3) is 0 Å². The maximum Gasteiger partial charge on any atom is 0.264 e. The SMILES string of the molecule is CCN(CC)c1ccc([C@H]2CC(c3c(O)n(C)c(=S)[nH]c3=O)=Nc3ccccc3S2)cc1. The van der Waals surface area contributed by atoms with E-state index in [1.807, 2.05) is 24.3 Å². The van der Waals surface area contributed by atoms with E-state index in [1.54, 1.807) is 18.8 Å². The molecule has 1 aromatic heterocycles. The van der Waals surface area contributed by atoms with Gasteiger partial charge in [0, 0.05) is 42.4 Å². The van der Waals surface area contributed by atoms with Crippen molar-refractivity contribution in [3.63, 3.8) is 0 Å². The molecule has 3 aromatic rings. The Kier molecular flexibility index (Phi) is 6.53. The van der Waals surface area contributed by atoms with Crippen molar-refractivity contribution >= 4 is 41.1 Å². The van der Waals surface area contributed by atoms with Crippen molar-refractivity contribution in [2.45, 2.75) is 30.4 Å². The number of aromatic hydroxyl groups is 1. The lowest BCUT2D eigenvalue weighted by Gasteiger charge is -2.22. The molecule has 1 aliphatic rings. The van der Waals surface area contributed by atoms with Crippen molar-refractivity contribution in [2.75, 3.05) is 18.0 Å². The zero-order valence-corrected chi connectivity index (χ0v) is 20.0. The fourth-order valence-electron chi connectivity index (χ4n) is 3.91. The predicted molar refractivity (Wildman–Crippen MR) is 134 cm³/mol. The summed E-state index contributed by atoms with van der Waals surface area (Å²) in [7, 11) is 1.63. The number of aromatic nitrogens is 2. The molecule has 2 N–H and O–H groups in total. The summed E-state index contributed by atoms with van der Waals surface area (Å²) in [4.78, 5) is 23.6. The quantitative estimate of drug-likeness (QED) is 0.496. The molecule has 1 aliphatic heterocycles. The zero-order valence-electron chi connectivity index (χ0n) is 18.3. The summed E-state index contributed by atoms with van der Waals surface area (Å²) < 4.78 is 1.57. The van der Waals surface area contributed by atoms with E-state index in [-0.39, 0.29) is 21.5 Å². The van der Waals surface area contributed by atoms with Crippen LogP contribution in [0.3, 0.4) is 0 Å². The molecule has 2 aromatic carbocycles. The smallest absolute Gasteiger partial charge is 0.264 e. The highest BCUT2D eigenvalue weighted by Crippen LogP contribution is 2.45. The summed E-state index contributed by atoms with van der Waals surface area (Å²) in [6.07, 6.45) is 0.497. The van der Waals surface area contributed by atoms with Crippen LogP contribution in [0, 0.1) is 4.77 Å². The highest BCUT2D eigenvalue weighted by Gasteiger charge is 2.26. The van der Waals surface area contributed by atoms with Gasteiger partial charge in [-0.15, -0.1) is 11.8 Å². The zero-order chi connectivity index (χ0) is 22.8. The van der Waals surface area contributed by atoms with Crippen LogP contribution < -0.4 is 10.5 Å².